The Hall–Kier alpha value is -4.26. The average molecular weight is 428 g/mol. The fraction of sp³-hybridized carbons (Fsp3) is 0.120. The SMILES string of the molecule is CCc1ccc(NC(=O)c2ccc(-c3cc(=O)c4cc(C)ccc4o3)cc2)cc1[N+](=O)[O-]. The molecule has 0 saturated heterocycles. The molecular weight excluding hydrogens is 408 g/mol. The van der Waals surface area contributed by atoms with Crippen LogP contribution in [0.4, 0.5) is 11.4 Å². The summed E-state index contributed by atoms with van der Waals surface area (Å²) in [4.78, 5) is 35.8. The van der Waals surface area contributed by atoms with Gasteiger partial charge in [0.1, 0.15) is 11.3 Å². The fourth-order valence-corrected chi connectivity index (χ4v) is 3.51. The monoisotopic (exact) mass is 428 g/mol. The molecule has 32 heavy (non-hydrogen) atoms. The molecule has 0 radical (unpaired) electrons. The van der Waals surface area contributed by atoms with Gasteiger partial charge in [-0.05, 0) is 43.7 Å². The summed E-state index contributed by atoms with van der Waals surface area (Å²) >= 11 is 0. The molecule has 4 rings (SSSR count). The molecule has 0 fully saturated rings. The van der Waals surface area contributed by atoms with Crippen LogP contribution in [0, 0.1) is 17.0 Å². The second-order valence-electron chi connectivity index (χ2n) is 7.46. The quantitative estimate of drug-likeness (QED) is 0.334. The number of benzene rings is 3. The number of carbonyl (C=O) groups excluding carboxylic acids is 1. The predicted octanol–water partition coefficient (Wildman–Crippen LogP) is 5.49. The number of nitrogens with zero attached hydrogens (tertiary/aromatic N) is 1. The Balaban J connectivity index is 1.58. The molecule has 0 aliphatic rings. The third-order valence-corrected chi connectivity index (χ3v) is 5.23. The first kappa shape index (κ1) is 21.0. The van der Waals surface area contributed by atoms with Crippen molar-refractivity contribution in [1.29, 1.82) is 0 Å². The number of carbonyl (C=O) groups is 1. The fourth-order valence-electron chi connectivity index (χ4n) is 3.51. The summed E-state index contributed by atoms with van der Waals surface area (Å²) in [6.45, 7) is 3.74. The minimum absolute atomic E-state index is 0.0258. The summed E-state index contributed by atoms with van der Waals surface area (Å²) in [6, 6.07) is 18.1. The summed E-state index contributed by atoms with van der Waals surface area (Å²) < 4.78 is 5.87. The van der Waals surface area contributed by atoms with Gasteiger partial charge < -0.3 is 9.73 Å². The van der Waals surface area contributed by atoms with Crippen molar-refractivity contribution in [3.8, 4) is 11.3 Å². The molecule has 0 bridgehead atoms. The van der Waals surface area contributed by atoms with E-state index in [1.807, 2.05) is 19.9 Å². The summed E-state index contributed by atoms with van der Waals surface area (Å²) in [6.07, 6.45) is 0.524. The van der Waals surface area contributed by atoms with E-state index < -0.39 is 10.8 Å². The van der Waals surface area contributed by atoms with E-state index in [0.29, 0.717) is 45.5 Å². The molecule has 0 aliphatic carbocycles. The molecule has 160 valence electrons. The molecule has 0 atom stereocenters. The van der Waals surface area contributed by atoms with Crippen LogP contribution < -0.4 is 10.7 Å². The van der Waals surface area contributed by atoms with Crippen LogP contribution in [0.2, 0.25) is 0 Å². The molecule has 7 heteroatoms. The lowest BCUT2D eigenvalue weighted by atomic mass is 10.1. The zero-order valence-corrected chi connectivity index (χ0v) is 17.5. The van der Waals surface area contributed by atoms with E-state index in [-0.39, 0.29) is 11.1 Å². The van der Waals surface area contributed by atoms with Crippen molar-refractivity contribution in [3.63, 3.8) is 0 Å². The lowest BCUT2D eigenvalue weighted by Crippen LogP contribution is -2.12. The molecule has 0 spiro atoms. The molecule has 0 unspecified atom stereocenters. The van der Waals surface area contributed by atoms with E-state index in [4.69, 9.17) is 4.42 Å². The van der Waals surface area contributed by atoms with Crippen LogP contribution >= 0.6 is 0 Å². The third kappa shape index (κ3) is 4.13. The Morgan fingerprint density at radius 3 is 2.47 bits per heavy atom. The van der Waals surface area contributed by atoms with E-state index in [0.717, 1.165) is 5.56 Å². The number of hydrogen-bond donors (Lipinski definition) is 1. The van der Waals surface area contributed by atoms with Gasteiger partial charge >= 0.3 is 0 Å². The van der Waals surface area contributed by atoms with E-state index >= 15 is 0 Å². The van der Waals surface area contributed by atoms with Gasteiger partial charge in [0.15, 0.2) is 5.43 Å². The Bertz CT molecular complexity index is 1400. The third-order valence-electron chi connectivity index (χ3n) is 5.23. The van der Waals surface area contributed by atoms with Crippen LogP contribution in [0.1, 0.15) is 28.4 Å². The van der Waals surface area contributed by atoms with Crippen molar-refractivity contribution in [1.82, 2.24) is 0 Å². The Kier molecular flexibility index (Phi) is 5.55. The predicted molar refractivity (Wildman–Crippen MR) is 123 cm³/mol. The smallest absolute Gasteiger partial charge is 0.274 e. The van der Waals surface area contributed by atoms with Crippen molar-refractivity contribution in [2.75, 3.05) is 5.32 Å². The van der Waals surface area contributed by atoms with Gasteiger partial charge in [0.25, 0.3) is 11.6 Å². The van der Waals surface area contributed by atoms with Crippen molar-refractivity contribution in [2.24, 2.45) is 0 Å². The van der Waals surface area contributed by atoms with E-state index in [9.17, 15) is 19.7 Å². The van der Waals surface area contributed by atoms with Gasteiger partial charge in [-0.1, -0.05) is 36.8 Å². The molecule has 4 aromatic rings. The second kappa shape index (κ2) is 8.47. The van der Waals surface area contributed by atoms with Gasteiger partial charge in [-0.3, -0.25) is 19.7 Å². The first-order valence-electron chi connectivity index (χ1n) is 10.1. The minimum atomic E-state index is -0.456. The molecular formula is C25H20N2O5. The average Bonchev–Trinajstić information content (AvgIpc) is 2.79. The molecule has 1 heterocycles. The summed E-state index contributed by atoms with van der Waals surface area (Å²) in [5.74, 6) is 0.00891. The largest absolute Gasteiger partial charge is 0.456 e. The highest BCUT2D eigenvalue weighted by Crippen LogP contribution is 2.25. The van der Waals surface area contributed by atoms with Crippen molar-refractivity contribution >= 4 is 28.3 Å². The van der Waals surface area contributed by atoms with Gasteiger partial charge in [0.05, 0.1) is 10.3 Å². The maximum Gasteiger partial charge on any atom is 0.274 e. The highest BCUT2D eigenvalue weighted by Gasteiger charge is 2.15. The molecule has 0 aliphatic heterocycles. The minimum Gasteiger partial charge on any atom is -0.456 e. The molecule has 1 N–H and O–H groups in total. The van der Waals surface area contributed by atoms with Gasteiger partial charge in [0, 0.05) is 34.5 Å². The maximum atomic E-state index is 12.6. The zero-order valence-electron chi connectivity index (χ0n) is 17.5. The topological polar surface area (TPSA) is 102 Å². The van der Waals surface area contributed by atoms with E-state index in [2.05, 4.69) is 5.32 Å². The zero-order chi connectivity index (χ0) is 22.8. The highest BCUT2D eigenvalue weighted by molar-refractivity contribution is 6.04. The van der Waals surface area contributed by atoms with Gasteiger partial charge in [-0.15, -0.1) is 0 Å². The molecule has 7 nitrogen and oxygen atoms in total. The molecule has 1 aromatic heterocycles. The number of anilines is 1. The summed E-state index contributed by atoms with van der Waals surface area (Å²) in [7, 11) is 0. The van der Waals surface area contributed by atoms with E-state index in [1.54, 1.807) is 48.5 Å². The van der Waals surface area contributed by atoms with Crippen LogP contribution in [-0.2, 0) is 6.42 Å². The Morgan fingerprint density at radius 1 is 1.03 bits per heavy atom. The van der Waals surface area contributed by atoms with Gasteiger partial charge in [-0.2, -0.15) is 0 Å². The number of nitrogens with one attached hydrogen (secondary N) is 1. The number of hydrogen-bond acceptors (Lipinski definition) is 5. The van der Waals surface area contributed by atoms with Crippen LogP contribution in [0.25, 0.3) is 22.3 Å². The standard InChI is InChI=1S/C25H20N2O5/c1-3-16-9-10-19(13-21(16)27(30)31)26-25(29)18-7-5-17(6-8-18)24-14-22(28)20-12-15(2)4-11-23(20)32-24/h4-14H,3H2,1-2H3,(H,26,29). The number of fused-ring (bicyclic) bond motifs is 1. The highest BCUT2D eigenvalue weighted by atomic mass is 16.6. The van der Waals surface area contributed by atoms with Crippen LogP contribution in [0.5, 0.6) is 0 Å². The van der Waals surface area contributed by atoms with E-state index in [1.165, 1.54) is 12.1 Å². The second-order valence-corrected chi connectivity index (χ2v) is 7.46. The number of amides is 1. The lowest BCUT2D eigenvalue weighted by Gasteiger charge is -2.08. The summed E-state index contributed by atoms with van der Waals surface area (Å²) in [5, 5.41) is 14.5. The maximum absolute atomic E-state index is 12.6. The number of aryl methyl sites for hydroxylation is 2. The first-order chi connectivity index (χ1) is 15.4. The van der Waals surface area contributed by atoms with Crippen LogP contribution in [0.15, 0.2) is 75.9 Å². The first-order valence-corrected chi connectivity index (χ1v) is 10.1. The number of nitro groups is 1. The molecule has 0 saturated carbocycles. The molecule has 3 aromatic carbocycles. The number of rotatable bonds is 5. The Labute approximate surface area is 183 Å². The van der Waals surface area contributed by atoms with Gasteiger partial charge in [0.2, 0.25) is 0 Å². The molecule has 1 amide bonds. The normalized spacial score (nSPS) is 10.8. The lowest BCUT2D eigenvalue weighted by molar-refractivity contribution is -0.385. The van der Waals surface area contributed by atoms with Crippen LogP contribution in [0.3, 0.4) is 0 Å². The van der Waals surface area contributed by atoms with Crippen molar-refractivity contribution < 1.29 is 14.1 Å². The van der Waals surface area contributed by atoms with Gasteiger partial charge in [-0.25, -0.2) is 0 Å². The summed E-state index contributed by atoms with van der Waals surface area (Å²) in [5.41, 5.74) is 3.28. The van der Waals surface area contributed by atoms with Crippen molar-refractivity contribution in [3.05, 3.63) is 104 Å². The van der Waals surface area contributed by atoms with Crippen LogP contribution in [-0.4, -0.2) is 10.8 Å². The van der Waals surface area contributed by atoms with Crippen molar-refractivity contribution in [2.45, 2.75) is 20.3 Å². The Morgan fingerprint density at radius 2 is 1.78 bits per heavy atom. The number of nitro benzene ring substituents is 1.